The lowest BCUT2D eigenvalue weighted by molar-refractivity contribution is -0.190. The van der Waals surface area contributed by atoms with E-state index in [1.807, 2.05) is 0 Å². The summed E-state index contributed by atoms with van der Waals surface area (Å²) >= 11 is 0. The molecule has 4 aliphatic rings. The topological polar surface area (TPSA) is 89.9 Å². The van der Waals surface area contributed by atoms with Crippen LogP contribution in [-0.2, 0) is 23.9 Å². The van der Waals surface area contributed by atoms with Crippen LogP contribution in [-0.4, -0.2) is 36.2 Å². The van der Waals surface area contributed by atoms with Gasteiger partial charge >= 0.3 is 5.97 Å². The SMILES string of the molecule is C[C@@H](CCC(=O)O)[C@@H]1CC[C@@H]2[C@H]3CC[C@H]4C[C@@H](OC=O)CC[C@]4(C)[C@@H]3C[C@@H](OC=O)[C@]21C. The standard InChI is InChI=1S/C26H40O6/c1-16(4-9-24(29)30)20-7-8-21-19-6-5-17-12-18(31-14-27)10-11-25(17,2)22(19)13-23(32-15-28)26(20,21)3/h14-23H,4-13H2,1-3H3,(H,29,30)/t16-,17-,18-,19+,20-,21+,22+,23+,25-,26-/m0/s1. The molecule has 0 aromatic carbocycles. The number of carbonyl (C=O) groups excluding carboxylic acids is 2. The molecule has 0 heterocycles. The van der Waals surface area contributed by atoms with Crippen LogP contribution in [0, 0.1) is 46.3 Å². The van der Waals surface area contributed by atoms with Crippen molar-refractivity contribution in [2.75, 3.05) is 0 Å². The highest BCUT2D eigenvalue weighted by Gasteiger charge is 2.64. The number of carboxylic acid groups (broad SMARTS) is 1. The van der Waals surface area contributed by atoms with Crippen molar-refractivity contribution in [2.24, 2.45) is 46.3 Å². The molecule has 6 nitrogen and oxygen atoms in total. The fraction of sp³-hybridized carbons (Fsp3) is 0.885. The summed E-state index contributed by atoms with van der Waals surface area (Å²) in [6, 6.07) is 0. The van der Waals surface area contributed by atoms with Gasteiger partial charge < -0.3 is 14.6 Å². The van der Waals surface area contributed by atoms with Crippen molar-refractivity contribution in [1.82, 2.24) is 0 Å². The number of hydrogen-bond donors (Lipinski definition) is 1. The highest BCUT2D eigenvalue weighted by molar-refractivity contribution is 5.66. The third-order valence-corrected chi connectivity index (χ3v) is 10.7. The quantitative estimate of drug-likeness (QED) is 0.535. The Bertz CT molecular complexity index is 723. The fourth-order valence-electron chi connectivity index (χ4n) is 9.14. The first-order valence-electron chi connectivity index (χ1n) is 12.7. The fourth-order valence-corrected chi connectivity index (χ4v) is 9.14. The zero-order valence-corrected chi connectivity index (χ0v) is 19.8. The Hall–Kier alpha value is -1.59. The summed E-state index contributed by atoms with van der Waals surface area (Å²) in [5.41, 5.74) is 0.117. The van der Waals surface area contributed by atoms with E-state index in [0.717, 1.165) is 38.5 Å². The van der Waals surface area contributed by atoms with E-state index in [2.05, 4.69) is 20.8 Å². The van der Waals surface area contributed by atoms with Crippen LogP contribution in [0.1, 0.15) is 85.0 Å². The molecular formula is C26H40O6. The van der Waals surface area contributed by atoms with Gasteiger partial charge in [-0.2, -0.15) is 0 Å². The van der Waals surface area contributed by atoms with Gasteiger partial charge in [0, 0.05) is 11.8 Å². The van der Waals surface area contributed by atoms with Crippen LogP contribution in [0.25, 0.3) is 0 Å². The molecule has 0 unspecified atom stereocenters. The number of carboxylic acids is 1. The van der Waals surface area contributed by atoms with Crippen LogP contribution < -0.4 is 0 Å². The van der Waals surface area contributed by atoms with Gasteiger partial charge in [0.1, 0.15) is 12.2 Å². The predicted molar refractivity (Wildman–Crippen MR) is 119 cm³/mol. The van der Waals surface area contributed by atoms with E-state index in [-0.39, 0.29) is 29.5 Å². The average Bonchev–Trinajstić information content (AvgIpc) is 3.11. The van der Waals surface area contributed by atoms with E-state index in [9.17, 15) is 19.5 Å². The van der Waals surface area contributed by atoms with Gasteiger partial charge in [0.05, 0.1) is 0 Å². The number of rotatable bonds is 8. The summed E-state index contributed by atoms with van der Waals surface area (Å²) in [6.07, 6.45) is 9.29. The summed E-state index contributed by atoms with van der Waals surface area (Å²) in [5.74, 6) is 2.18. The second-order valence-electron chi connectivity index (χ2n) is 11.7. The molecule has 1 N–H and O–H groups in total. The molecule has 0 aromatic rings. The van der Waals surface area contributed by atoms with E-state index < -0.39 is 5.97 Å². The van der Waals surface area contributed by atoms with Crippen LogP contribution in [0.5, 0.6) is 0 Å². The Morgan fingerprint density at radius 2 is 1.78 bits per heavy atom. The number of ether oxygens (including phenoxy) is 2. The maximum Gasteiger partial charge on any atom is 0.303 e. The maximum atomic E-state index is 11.6. The molecule has 0 saturated heterocycles. The van der Waals surface area contributed by atoms with Crippen LogP contribution in [0.2, 0.25) is 0 Å². The van der Waals surface area contributed by atoms with Crippen LogP contribution in [0.4, 0.5) is 0 Å². The van der Waals surface area contributed by atoms with E-state index >= 15 is 0 Å². The summed E-state index contributed by atoms with van der Waals surface area (Å²) in [6.45, 7) is 8.21. The Morgan fingerprint density at radius 3 is 2.47 bits per heavy atom. The van der Waals surface area contributed by atoms with Gasteiger partial charge in [-0.15, -0.1) is 0 Å². The molecule has 4 fully saturated rings. The second-order valence-corrected chi connectivity index (χ2v) is 11.7. The highest BCUT2D eigenvalue weighted by Crippen LogP contribution is 2.68. The lowest BCUT2D eigenvalue weighted by Gasteiger charge is -2.62. The van der Waals surface area contributed by atoms with Gasteiger partial charge in [0.25, 0.3) is 12.9 Å². The number of hydrogen-bond acceptors (Lipinski definition) is 5. The van der Waals surface area contributed by atoms with E-state index in [1.165, 1.54) is 12.8 Å². The van der Waals surface area contributed by atoms with Gasteiger partial charge in [-0.25, -0.2) is 0 Å². The third kappa shape index (κ3) is 3.75. The Labute approximate surface area is 191 Å². The Balaban J connectivity index is 1.59. The molecular weight excluding hydrogens is 408 g/mol. The zero-order valence-electron chi connectivity index (χ0n) is 19.8. The minimum absolute atomic E-state index is 0.0453. The zero-order chi connectivity index (χ0) is 23.1. The molecule has 32 heavy (non-hydrogen) atoms. The number of fused-ring (bicyclic) bond motifs is 5. The van der Waals surface area contributed by atoms with Crippen molar-refractivity contribution < 1.29 is 29.0 Å². The van der Waals surface area contributed by atoms with Crippen LogP contribution in [0.3, 0.4) is 0 Å². The molecule has 0 bridgehead atoms. The van der Waals surface area contributed by atoms with Gasteiger partial charge in [-0.3, -0.25) is 14.4 Å². The minimum atomic E-state index is -0.735. The van der Waals surface area contributed by atoms with Gasteiger partial charge in [0.2, 0.25) is 0 Å². The average molecular weight is 449 g/mol. The molecule has 0 amide bonds. The van der Waals surface area contributed by atoms with Crippen molar-refractivity contribution in [3.63, 3.8) is 0 Å². The Kier molecular flexibility index (Phi) is 6.61. The van der Waals surface area contributed by atoms with Crippen molar-refractivity contribution in [3.8, 4) is 0 Å². The molecule has 180 valence electrons. The van der Waals surface area contributed by atoms with E-state index in [4.69, 9.17) is 9.47 Å². The van der Waals surface area contributed by atoms with E-state index in [0.29, 0.717) is 54.9 Å². The molecule has 0 spiro atoms. The monoisotopic (exact) mass is 448 g/mol. The summed E-state index contributed by atoms with van der Waals surface area (Å²) in [4.78, 5) is 33.6. The number of aliphatic carboxylic acids is 1. The first kappa shape index (κ1) is 23.6. The third-order valence-electron chi connectivity index (χ3n) is 10.7. The van der Waals surface area contributed by atoms with Crippen molar-refractivity contribution >= 4 is 18.9 Å². The molecule has 0 aromatic heterocycles. The van der Waals surface area contributed by atoms with Crippen molar-refractivity contribution in [2.45, 2.75) is 97.2 Å². The lowest BCUT2D eigenvalue weighted by Crippen LogP contribution is -2.59. The molecule has 0 radical (unpaired) electrons. The van der Waals surface area contributed by atoms with Crippen LogP contribution in [0.15, 0.2) is 0 Å². The predicted octanol–water partition coefficient (Wildman–Crippen LogP) is 4.84. The van der Waals surface area contributed by atoms with Gasteiger partial charge in [-0.05, 0) is 98.7 Å². The molecule has 4 saturated carbocycles. The summed E-state index contributed by atoms with van der Waals surface area (Å²) < 4.78 is 11.2. The molecule has 0 aliphatic heterocycles. The van der Waals surface area contributed by atoms with Crippen molar-refractivity contribution in [1.29, 1.82) is 0 Å². The van der Waals surface area contributed by atoms with E-state index in [1.54, 1.807) is 0 Å². The summed E-state index contributed by atoms with van der Waals surface area (Å²) in [7, 11) is 0. The maximum absolute atomic E-state index is 11.6. The molecule has 6 heteroatoms. The highest BCUT2D eigenvalue weighted by atomic mass is 16.5. The van der Waals surface area contributed by atoms with Gasteiger partial charge in [0.15, 0.2) is 0 Å². The van der Waals surface area contributed by atoms with Gasteiger partial charge in [-0.1, -0.05) is 20.8 Å². The van der Waals surface area contributed by atoms with Crippen molar-refractivity contribution in [3.05, 3.63) is 0 Å². The first-order chi connectivity index (χ1) is 15.3. The molecule has 4 rings (SSSR count). The number of carbonyl (C=O) groups is 3. The molecule has 10 atom stereocenters. The Morgan fingerprint density at radius 1 is 1.03 bits per heavy atom. The first-order valence-corrected chi connectivity index (χ1v) is 12.7. The van der Waals surface area contributed by atoms with Crippen LogP contribution >= 0.6 is 0 Å². The smallest absolute Gasteiger partial charge is 0.303 e. The molecule has 4 aliphatic carbocycles. The minimum Gasteiger partial charge on any atom is -0.481 e. The normalized spacial score (nSPS) is 46.2. The summed E-state index contributed by atoms with van der Waals surface area (Å²) in [5, 5.41) is 9.18. The lowest BCUT2D eigenvalue weighted by atomic mass is 9.43. The largest absolute Gasteiger partial charge is 0.481 e. The second kappa shape index (κ2) is 8.98.